The number of carbonyl (C=O) groups excluding carboxylic acids is 1. The monoisotopic (exact) mass is 468 g/mol. The van der Waals surface area contributed by atoms with Crippen molar-refractivity contribution in [3.8, 4) is 23.0 Å². The normalized spacial score (nSPS) is 13.6. The second kappa shape index (κ2) is 9.03. The van der Waals surface area contributed by atoms with E-state index in [-0.39, 0.29) is 18.3 Å². The summed E-state index contributed by atoms with van der Waals surface area (Å²) in [7, 11) is 0. The first-order chi connectivity index (χ1) is 15.3. The van der Waals surface area contributed by atoms with Crippen molar-refractivity contribution in [2.24, 2.45) is 5.92 Å². The Bertz CT molecular complexity index is 1100. The number of alkyl halides is 3. The molecule has 168 valence electrons. The highest BCUT2D eigenvalue weighted by atomic mass is 35.5. The molecule has 0 aliphatic heterocycles. The van der Waals surface area contributed by atoms with E-state index in [9.17, 15) is 18.0 Å². The highest BCUT2D eigenvalue weighted by Gasteiger charge is 2.35. The third kappa shape index (κ3) is 5.67. The fourth-order valence-electron chi connectivity index (χ4n) is 2.62. The number of ether oxygens (including phenoxy) is 2. The molecule has 1 aromatic carbocycles. The molecule has 1 amide bonds. The van der Waals surface area contributed by atoms with Crippen LogP contribution in [0.5, 0.6) is 11.8 Å². The van der Waals surface area contributed by atoms with E-state index in [1.54, 1.807) is 24.3 Å². The van der Waals surface area contributed by atoms with E-state index in [0.29, 0.717) is 40.6 Å². The van der Waals surface area contributed by atoms with Gasteiger partial charge in [0.05, 0.1) is 19.3 Å². The zero-order valence-corrected chi connectivity index (χ0v) is 17.1. The molecule has 8 nitrogen and oxygen atoms in total. The van der Waals surface area contributed by atoms with Crippen LogP contribution >= 0.6 is 11.6 Å². The van der Waals surface area contributed by atoms with Crippen LogP contribution in [-0.4, -0.2) is 27.8 Å². The standard InChI is InChI=1S/C20H16ClF3N4O4/c21-13-5-3-12(4-6-13)17-15(30-10-11-1-2-11)9-25-18(27-17)31-19(29)26-8-14-7-16(28-32-14)20(22,23)24/h3-7,9,11H,1-2,8,10H2,(H,26,29). The summed E-state index contributed by atoms with van der Waals surface area (Å²) in [5, 5.41) is 5.70. The zero-order chi connectivity index (χ0) is 22.7. The molecule has 2 aromatic heterocycles. The fraction of sp³-hybridized carbons (Fsp3) is 0.300. The van der Waals surface area contributed by atoms with E-state index in [0.717, 1.165) is 12.8 Å². The lowest BCUT2D eigenvalue weighted by atomic mass is 10.1. The van der Waals surface area contributed by atoms with Crippen LogP contribution in [0, 0.1) is 5.92 Å². The number of hydrogen-bond acceptors (Lipinski definition) is 7. The van der Waals surface area contributed by atoms with E-state index < -0.39 is 18.0 Å². The molecule has 0 atom stereocenters. The van der Waals surface area contributed by atoms with Crippen molar-refractivity contribution in [2.75, 3.05) is 6.61 Å². The highest BCUT2D eigenvalue weighted by Crippen LogP contribution is 2.34. The van der Waals surface area contributed by atoms with Crippen molar-refractivity contribution in [3.63, 3.8) is 0 Å². The lowest BCUT2D eigenvalue weighted by molar-refractivity contribution is -0.142. The van der Waals surface area contributed by atoms with Crippen molar-refractivity contribution in [1.82, 2.24) is 20.4 Å². The summed E-state index contributed by atoms with van der Waals surface area (Å²) in [6, 6.07) is 7.26. The minimum Gasteiger partial charge on any atom is -0.489 e. The van der Waals surface area contributed by atoms with E-state index in [2.05, 4.69) is 25.0 Å². The van der Waals surface area contributed by atoms with Crippen LogP contribution in [-0.2, 0) is 12.7 Å². The molecule has 1 N–H and O–H groups in total. The first-order valence-electron chi connectivity index (χ1n) is 9.52. The number of carbonyl (C=O) groups is 1. The lowest BCUT2D eigenvalue weighted by Crippen LogP contribution is -2.26. The molecule has 1 aliphatic rings. The van der Waals surface area contributed by atoms with Crippen molar-refractivity contribution in [3.05, 3.63) is 53.0 Å². The second-order valence-electron chi connectivity index (χ2n) is 7.05. The van der Waals surface area contributed by atoms with Gasteiger partial charge >= 0.3 is 18.3 Å². The topological polar surface area (TPSA) is 99.4 Å². The zero-order valence-electron chi connectivity index (χ0n) is 16.4. The molecule has 32 heavy (non-hydrogen) atoms. The molecule has 0 unspecified atom stereocenters. The van der Waals surface area contributed by atoms with E-state index in [1.165, 1.54) is 6.20 Å². The van der Waals surface area contributed by atoms with Crippen molar-refractivity contribution < 1.29 is 32.0 Å². The van der Waals surface area contributed by atoms with Crippen LogP contribution in [0.1, 0.15) is 24.3 Å². The Morgan fingerprint density at radius 1 is 1.25 bits per heavy atom. The molecule has 0 saturated heterocycles. The van der Waals surface area contributed by atoms with Gasteiger partial charge in [-0.3, -0.25) is 0 Å². The molecule has 1 saturated carbocycles. The molecule has 12 heteroatoms. The van der Waals surface area contributed by atoms with Crippen molar-refractivity contribution in [1.29, 1.82) is 0 Å². The number of nitrogens with zero attached hydrogens (tertiary/aromatic N) is 3. The van der Waals surface area contributed by atoms with Crippen LogP contribution in [0.2, 0.25) is 5.02 Å². The van der Waals surface area contributed by atoms with Gasteiger partial charge in [-0.2, -0.15) is 23.1 Å². The molecule has 0 bridgehead atoms. The largest absolute Gasteiger partial charge is 0.489 e. The van der Waals surface area contributed by atoms with Gasteiger partial charge in [0.1, 0.15) is 5.69 Å². The number of halogens is 4. The molecule has 4 rings (SSSR count). The van der Waals surface area contributed by atoms with Crippen LogP contribution in [0.15, 0.2) is 41.1 Å². The Balaban J connectivity index is 1.44. The van der Waals surface area contributed by atoms with Crippen LogP contribution in [0.25, 0.3) is 11.3 Å². The Morgan fingerprint density at radius 2 is 2.00 bits per heavy atom. The van der Waals surface area contributed by atoms with Crippen LogP contribution in [0.4, 0.5) is 18.0 Å². The van der Waals surface area contributed by atoms with Gasteiger partial charge in [0.15, 0.2) is 17.2 Å². The average Bonchev–Trinajstić information content (AvgIpc) is 3.45. The maximum atomic E-state index is 12.6. The number of rotatable bonds is 7. The minimum atomic E-state index is -4.64. The first kappa shape index (κ1) is 21.9. The Kier molecular flexibility index (Phi) is 6.17. The van der Waals surface area contributed by atoms with Gasteiger partial charge in [0, 0.05) is 16.7 Å². The number of nitrogens with one attached hydrogen (secondary N) is 1. The summed E-state index contributed by atoms with van der Waals surface area (Å²) >= 11 is 5.95. The third-order valence-electron chi connectivity index (χ3n) is 4.46. The highest BCUT2D eigenvalue weighted by molar-refractivity contribution is 6.30. The predicted molar refractivity (Wildman–Crippen MR) is 105 cm³/mol. The summed E-state index contributed by atoms with van der Waals surface area (Å²) in [6.07, 6.45) is -2.02. The van der Waals surface area contributed by atoms with E-state index in [4.69, 9.17) is 21.1 Å². The Labute approximate surface area is 184 Å². The van der Waals surface area contributed by atoms with Crippen LogP contribution < -0.4 is 14.8 Å². The van der Waals surface area contributed by atoms with Gasteiger partial charge in [-0.05, 0) is 30.9 Å². The summed E-state index contributed by atoms with van der Waals surface area (Å²) in [5.74, 6) is 0.734. The van der Waals surface area contributed by atoms with Crippen molar-refractivity contribution >= 4 is 17.7 Å². The quantitative estimate of drug-likeness (QED) is 0.527. The summed E-state index contributed by atoms with van der Waals surface area (Å²) in [5.41, 5.74) is -0.111. The lowest BCUT2D eigenvalue weighted by Gasteiger charge is -2.12. The summed E-state index contributed by atoms with van der Waals surface area (Å²) < 4.78 is 53.1. The third-order valence-corrected chi connectivity index (χ3v) is 4.71. The molecule has 1 aliphatic carbocycles. The molecular formula is C20H16ClF3N4O4. The molecule has 1 fully saturated rings. The summed E-state index contributed by atoms with van der Waals surface area (Å²) in [6.45, 7) is 0.163. The van der Waals surface area contributed by atoms with Crippen molar-refractivity contribution in [2.45, 2.75) is 25.6 Å². The maximum absolute atomic E-state index is 12.6. The number of hydrogen-bond donors (Lipinski definition) is 1. The minimum absolute atomic E-state index is 0.194. The van der Waals surface area contributed by atoms with Gasteiger partial charge in [-0.15, -0.1) is 0 Å². The Morgan fingerprint density at radius 3 is 2.66 bits per heavy atom. The predicted octanol–water partition coefficient (Wildman–Crippen LogP) is 4.88. The van der Waals surface area contributed by atoms with Gasteiger partial charge in [0.2, 0.25) is 0 Å². The number of benzene rings is 1. The number of aromatic nitrogens is 3. The smallest absolute Gasteiger partial charge is 0.436 e. The first-order valence-corrected chi connectivity index (χ1v) is 9.90. The Hall–Kier alpha value is -3.34. The van der Waals surface area contributed by atoms with Gasteiger partial charge in [-0.25, -0.2) is 4.79 Å². The second-order valence-corrected chi connectivity index (χ2v) is 7.48. The van der Waals surface area contributed by atoms with E-state index >= 15 is 0 Å². The molecule has 2 heterocycles. The van der Waals surface area contributed by atoms with Gasteiger partial charge < -0.3 is 19.3 Å². The SMILES string of the molecule is O=C(NCc1cc(C(F)(F)F)no1)Oc1ncc(OCC2CC2)c(-c2ccc(Cl)cc2)n1. The number of amides is 1. The summed E-state index contributed by atoms with van der Waals surface area (Å²) in [4.78, 5) is 20.3. The molecule has 0 radical (unpaired) electrons. The molecule has 0 spiro atoms. The molecular weight excluding hydrogens is 453 g/mol. The van der Waals surface area contributed by atoms with Crippen LogP contribution in [0.3, 0.4) is 0 Å². The maximum Gasteiger partial charge on any atom is 0.436 e. The van der Waals surface area contributed by atoms with Gasteiger partial charge in [0.25, 0.3) is 0 Å². The van der Waals surface area contributed by atoms with Gasteiger partial charge in [-0.1, -0.05) is 28.9 Å². The average molecular weight is 469 g/mol. The fourth-order valence-corrected chi connectivity index (χ4v) is 2.75. The molecule has 3 aromatic rings. The van der Waals surface area contributed by atoms with E-state index in [1.807, 2.05) is 0 Å².